The van der Waals surface area contributed by atoms with Crippen molar-refractivity contribution in [2.45, 2.75) is 31.6 Å². The SMILES string of the molecule is Cc1cccc(N2C[C@H](C(=O)N3CCC(c4cc5ccccc5[nH]4)(c4cc5ccccc5[nH]4)CC3)CC2=O)c1. The molecule has 196 valence electrons. The highest BCUT2D eigenvalue weighted by Crippen LogP contribution is 2.43. The second-order valence-corrected chi connectivity index (χ2v) is 11.2. The Labute approximate surface area is 227 Å². The smallest absolute Gasteiger partial charge is 0.228 e. The molecule has 2 aliphatic heterocycles. The molecule has 5 aromatic rings. The molecule has 4 heterocycles. The molecule has 39 heavy (non-hydrogen) atoms. The Balaban J connectivity index is 1.16. The summed E-state index contributed by atoms with van der Waals surface area (Å²) in [5.74, 6) is -0.173. The minimum Gasteiger partial charge on any atom is -0.358 e. The first kappa shape index (κ1) is 23.8. The van der Waals surface area contributed by atoms with Gasteiger partial charge in [0, 0.05) is 54.2 Å². The van der Waals surface area contributed by atoms with E-state index in [1.807, 2.05) is 36.1 Å². The van der Waals surface area contributed by atoms with E-state index < -0.39 is 0 Å². The van der Waals surface area contributed by atoms with Crippen LogP contribution in [0.25, 0.3) is 21.8 Å². The number of anilines is 1. The first-order valence-electron chi connectivity index (χ1n) is 13.8. The molecule has 0 unspecified atom stereocenters. The van der Waals surface area contributed by atoms with Gasteiger partial charge < -0.3 is 19.8 Å². The molecular formula is C33H32N4O2. The van der Waals surface area contributed by atoms with Crippen molar-refractivity contribution >= 4 is 39.3 Å². The molecule has 2 N–H and O–H groups in total. The molecule has 2 saturated heterocycles. The highest BCUT2D eigenvalue weighted by Gasteiger charge is 2.44. The molecule has 0 spiro atoms. The van der Waals surface area contributed by atoms with Crippen molar-refractivity contribution in [3.63, 3.8) is 0 Å². The van der Waals surface area contributed by atoms with Crippen LogP contribution in [-0.2, 0) is 15.0 Å². The Morgan fingerprint density at radius 1 is 0.821 bits per heavy atom. The van der Waals surface area contributed by atoms with Crippen LogP contribution in [0.1, 0.15) is 36.2 Å². The summed E-state index contributed by atoms with van der Waals surface area (Å²) in [4.78, 5) is 37.7. The lowest BCUT2D eigenvalue weighted by molar-refractivity contribution is -0.137. The summed E-state index contributed by atoms with van der Waals surface area (Å²) < 4.78 is 0. The van der Waals surface area contributed by atoms with Crippen LogP contribution in [0.4, 0.5) is 5.69 Å². The predicted molar refractivity (Wildman–Crippen MR) is 155 cm³/mol. The first-order valence-corrected chi connectivity index (χ1v) is 13.8. The van der Waals surface area contributed by atoms with Gasteiger partial charge in [-0.15, -0.1) is 0 Å². The van der Waals surface area contributed by atoms with Gasteiger partial charge in [-0.3, -0.25) is 9.59 Å². The molecule has 7 rings (SSSR count). The number of nitrogens with zero attached hydrogens (tertiary/aromatic N) is 2. The third-order valence-corrected chi connectivity index (χ3v) is 8.81. The number of nitrogens with one attached hydrogen (secondary N) is 2. The quantitative estimate of drug-likeness (QED) is 0.311. The van der Waals surface area contributed by atoms with Gasteiger partial charge in [0.25, 0.3) is 0 Å². The average molecular weight is 517 g/mol. The fourth-order valence-corrected chi connectivity index (χ4v) is 6.63. The number of amides is 2. The highest BCUT2D eigenvalue weighted by atomic mass is 16.2. The molecule has 2 fully saturated rings. The molecule has 0 aliphatic carbocycles. The van der Waals surface area contributed by atoms with Crippen LogP contribution < -0.4 is 4.90 Å². The number of rotatable bonds is 4. The number of aromatic amines is 2. The third kappa shape index (κ3) is 4.02. The Morgan fingerprint density at radius 3 is 2.03 bits per heavy atom. The van der Waals surface area contributed by atoms with Gasteiger partial charge in [0.15, 0.2) is 0 Å². The first-order chi connectivity index (χ1) is 19.0. The predicted octanol–water partition coefficient (Wildman–Crippen LogP) is 5.92. The Hall–Kier alpha value is -4.32. The summed E-state index contributed by atoms with van der Waals surface area (Å²) in [6.45, 7) is 3.77. The van der Waals surface area contributed by atoms with Gasteiger partial charge in [0.05, 0.1) is 11.3 Å². The number of benzene rings is 3. The second kappa shape index (κ2) is 9.16. The zero-order valence-electron chi connectivity index (χ0n) is 22.1. The fourth-order valence-electron chi connectivity index (χ4n) is 6.63. The number of aryl methyl sites for hydroxylation is 1. The second-order valence-electron chi connectivity index (χ2n) is 11.2. The van der Waals surface area contributed by atoms with Crippen molar-refractivity contribution in [3.05, 3.63) is 102 Å². The minimum absolute atomic E-state index is 0.0291. The van der Waals surface area contributed by atoms with Crippen molar-refractivity contribution in [1.82, 2.24) is 14.9 Å². The van der Waals surface area contributed by atoms with Gasteiger partial charge in [-0.1, -0.05) is 48.5 Å². The van der Waals surface area contributed by atoms with Gasteiger partial charge >= 0.3 is 0 Å². The maximum absolute atomic E-state index is 13.7. The normalized spacial score (nSPS) is 19.3. The number of likely N-dealkylation sites (tertiary alicyclic amines) is 1. The largest absolute Gasteiger partial charge is 0.358 e. The molecule has 6 nitrogen and oxygen atoms in total. The molecule has 1 atom stereocenters. The van der Waals surface area contributed by atoms with Gasteiger partial charge in [-0.2, -0.15) is 0 Å². The molecule has 2 aromatic heterocycles. The summed E-state index contributed by atoms with van der Waals surface area (Å²) in [5, 5.41) is 2.39. The number of aromatic nitrogens is 2. The minimum atomic E-state index is -0.299. The molecule has 0 bridgehead atoms. The number of fused-ring (bicyclic) bond motifs is 2. The number of carbonyl (C=O) groups excluding carboxylic acids is 2. The van der Waals surface area contributed by atoms with Gasteiger partial charge in [0.1, 0.15) is 0 Å². The molecular weight excluding hydrogens is 484 g/mol. The topological polar surface area (TPSA) is 72.2 Å². The van der Waals surface area contributed by atoms with E-state index in [-0.39, 0.29) is 29.6 Å². The Kier molecular flexibility index (Phi) is 5.58. The molecule has 2 aliphatic rings. The third-order valence-electron chi connectivity index (χ3n) is 8.81. The van der Waals surface area contributed by atoms with Gasteiger partial charge in [0.2, 0.25) is 11.8 Å². The van der Waals surface area contributed by atoms with E-state index >= 15 is 0 Å². The average Bonchev–Trinajstić information content (AvgIpc) is 3.69. The van der Waals surface area contributed by atoms with E-state index in [2.05, 4.69) is 70.6 Å². The number of hydrogen-bond donors (Lipinski definition) is 2. The summed E-state index contributed by atoms with van der Waals surface area (Å²) in [7, 11) is 0. The number of carbonyl (C=O) groups is 2. The Bertz CT molecular complexity index is 1560. The molecule has 2 amide bonds. The summed E-state index contributed by atoms with van der Waals surface area (Å²) >= 11 is 0. The summed E-state index contributed by atoms with van der Waals surface area (Å²) in [5.41, 5.74) is 6.35. The zero-order chi connectivity index (χ0) is 26.6. The zero-order valence-corrected chi connectivity index (χ0v) is 22.1. The lowest BCUT2D eigenvalue weighted by atomic mass is 9.72. The monoisotopic (exact) mass is 516 g/mol. The molecule has 0 saturated carbocycles. The van der Waals surface area contributed by atoms with E-state index in [1.165, 1.54) is 22.2 Å². The summed E-state index contributed by atoms with van der Waals surface area (Å²) in [6.07, 6.45) is 1.89. The number of piperidine rings is 1. The molecule has 6 heteroatoms. The number of H-pyrrole nitrogens is 2. The van der Waals surface area contributed by atoms with Crippen molar-refractivity contribution in [3.8, 4) is 0 Å². The van der Waals surface area contributed by atoms with E-state index in [1.54, 1.807) is 4.90 Å². The number of para-hydroxylation sites is 2. The van der Waals surface area contributed by atoms with E-state index in [9.17, 15) is 9.59 Å². The van der Waals surface area contributed by atoms with E-state index in [0.29, 0.717) is 19.6 Å². The lowest BCUT2D eigenvalue weighted by Crippen LogP contribution is -2.48. The van der Waals surface area contributed by atoms with Crippen LogP contribution in [0.15, 0.2) is 84.9 Å². The maximum Gasteiger partial charge on any atom is 0.228 e. The lowest BCUT2D eigenvalue weighted by Gasteiger charge is -2.41. The standard InChI is InChI=1S/C33H32N4O2/c1-22-7-6-10-26(17-22)37-21-25(20-31(37)38)32(39)36-15-13-33(14-16-36,29-18-23-8-2-4-11-27(23)34-29)30-19-24-9-3-5-12-28(24)35-30/h2-12,17-19,25,34-35H,13-16,20-21H2,1H3/t25-/m1/s1. The van der Waals surface area contributed by atoms with Crippen LogP contribution in [-0.4, -0.2) is 46.3 Å². The Morgan fingerprint density at radius 2 is 1.44 bits per heavy atom. The van der Waals surface area contributed by atoms with Crippen molar-refractivity contribution in [2.24, 2.45) is 5.92 Å². The van der Waals surface area contributed by atoms with Gasteiger partial charge in [-0.05, 0) is 72.5 Å². The highest BCUT2D eigenvalue weighted by molar-refractivity contribution is 6.00. The van der Waals surface area contributed by atoms with Crippen molar-refractivity contribution in [1.29, 1.82) is 0 Å². The van der Waals surface area contributed by atoms with Crippen LogP contribution >= 0.6 is 0 Å². The maximum atomic E-state index is 13.7. The van der Waals surface area contributed by atoms with Crippen LogP contribution in [0, 0.1) is 12.8 Å². The van der Waals surface area contributed by atoms with Crippen LogP contribution in [0.3, 0.4) is 0 Å². The molecule has 0 radical (unpaired) electrons. The van der Waals surface area contributed by atoms with E-state index in [4.69, 9.17) is 0 Å². The van der Waals surface area contributed by atoms with Gasteiger partial charge in [-0.25, -0.2) is 0 Å². The fraction of sp³-hybridized carbons (Fsp3) is 0.273. The summed E-state index contributed by atoms with van der Waals surface area (Å²) in [6, 6.07) is 29.3. The van der Waals surface area contributed by atoms with Crippen molar-refractivity contribution < 1.29 is 9.59 Å². The van der Waals surface area contributed by atoms with Crippen molar-refractivity contribution in [2.75, 3.05) is 24.5 Å². The number of hydrogen-bond acceptors (Lipinski definition) is 2. The van der Waals surface area contributed by atoms with Crippen LogP contribution in [0.5, 0.6) is 0 Å². The van der Waals surface area contributed by atoms with Crippen LogP contribution in [0.2, 0.25) is 0 Å². The van der Waals surface area contributed by atoms with E-state index in [0.717, 1.165) is 35.1 Å². The molecule has 3 aromatic carbocycles.